The molecule has 1 atom stereocenters. The lowest BCUT2D eigenvalue weighted by Crippen LogP contribution is -2.37. The highest BCUT2D eigenvalue weighted by Crippen LogP contribution is 2.12. The Bertz CT molecular complexity index is 449. The average Bonchev–Trinajstić information content (AvgIpc) is 2.39. The number of benzene rings is 1. The topological polar surface area (TPSA) is 64.3 Å². The lowest BCUT2D eigenvalue weighted by molar-refractivity contribution is -0.130. The van der Waals surface area contributed by atoms with E-state index in [0.29, 0.717) is 19.5 Å². The van der Waals surface area contributed by atoms with Gasteiger partial charge in [0.05, 0.1) is 0 Å². The minimum absolute atomic E-state index is 0.103. The minimum atomic E-state index is -0.470. The van der Waals surface area contributed by atoms with Gasteiger partial charge in [-0.15, -0.1) is 0 Å². The molecule has 0 heterocycles. The van der Waals surface area contributed by atoms with E-state index in [9.17, 15) is 4.79 Å². The smallest absolute Gasteiger partial charge is 0.249 e. The van der Waals surface area contributed by atoms with E-state index in [4.69, 9.17) is 10.5 Å². The van der Waals surface area contributed by atoms with Crippen LogP contribution in [-0.2, 0) is 16.0 Å². The van der Waals surface area contributed by atoms with Gasteiger partial charge in [-0.05, 0) is 19.4 Å². The van der Waals surface area contributed by atoms with Crippen LogP contribution in [0.1, 0.15) is 16.7 Å². The highest BCUT2D eigenvalue weighted by molar-refractivity contribution is 5.81. The Morgan fingerprint density at radius 3 is 2.50 bits per heavy atom. The van der Waals surface area contributed by atoms with Crippen LogP contribution in [0, 0.1) is 13.8 Å². The number of hydrogen-bond acceptors (Lipinski definition) is 3. The Balaban J connectivity index is 2.61. The summed E-state index contributed by atoms with van der Waals surface area (Å²) in [5.74, 6) is -0.103. The maximum atomic E-state index is 12.0. The van der Waals surface area contributed by atoms with Crippen LogP contribution < -0.4 is 11.1 Å². The van der Waals surface area contributed by atoms with Crippen LogP contribution in [0.3, 0.4) is 0 Å². The molecule has 0 fully saturated rings. The van der Waals surface area contributed by atoms with Crippen molar-refractivity contribution in [1.29, 1.82) is 0 Å². The predicted octanol–water partition coefficient (Wildman–Crippen LogP) is 1.49. The molecule has 0 aliphatic carbocycles. The molecule has 1 rings (SSSR count). The summed E-state index contributed by atoms with van der Waals surface area (Å²) < 4.78 is 5.29. The second-order valence-corrected chi connectivity index (χ2v) is 4.88. The van der Waals surface area contributed by atoms with E-state index in [-0.39, 0.29) is 5.91 Å². The second-order valence-electron chi connectivity index (χ2n) is 4.88. The first kappa shape index (κ1) is 16.4. The van der Waals surface area contributed by atoms with Crippen LogP contribution in [0.15, 0.2) is 30.4 Å². The fraction of sp³-hybridized carbons (Fsp3) is 0.438. The van der Waals surface area contributed by atoms with Gasteiger partial charge in [0.2, 0.25) is 5.91 Å². The molecule has 0 saturated carbocycles. The van der Waals surface area contributed by atoms with Crippen LogP contribution >= 0.6 is 0 Å². The number of amides is 1. The molecular formula is C16H24N2O2. The van der Waals surface area contributed by atoms with E-state index >= 15 is 0 Å². The molecule has 0 aliphatic heterocycles. The maximum absolute atomic E-state index is 12.0. The van der Waals surface area contributed by atoms with E-state index in [1.807, 2.05) is 12.2 Å². The van der Waals surface area contributed by atoms with Gasteiger partial charge in [0.25, 0.3) is 0 Å². The zero-order valence-electron chi connectivity index (χ0n) is 12.5. The summed E-state index contributed by atoms with van der Waals surface area (Å²) in [6.07, 6.45) is 3.75. The lowest BCUT2D eigenvalue weighted by atomic mass is 10.0. The van der Waals surface area contributed by atoms with E-state index < -0.39 is 6.10 Å². The molecule has 0 aromatic heterocycles. The highest BCUT2D eigenvalue weighted by atomic mass is 16.5. The van der Waals surface area contributed by atoms with Crippen molar-refractivity contribution in [3.8, 4) is 0 Å². The van der Waals surface area contributed by atoms with E-state index in [0.717, 1.165) is 5.56 Å². The summed E-state index contributed by atoms with van der Waals surface area (Å²) in [4.78, 5) is 12.0. The molecule has 0 aliphatic rings. The summed E-state index contributed by atoms with van der Waals surface area (Å²) >= 11 is 0. The van der Waals surface area contributed by atoms with Crippen molar-refractivity contribution in [2.75, 3.05) is 20.2 Å². The molecule has 4 heteroatoms. The van der Waals surface area contributed by atoms with E-state index in [2.05, 4.69) is 37.4 Å². The van der Waals surface area contributed by atoms with Gasteiger partial charge < -0.3 is 15.8 Å². The lowest BCUT2D eigenvalue weighted by Gasteiger charge is -2.15. The molecule has 0 bridgehead atoms. The summed E-state index contributed by atoms with van der Waals surface area (Å²) in [5.41, 5.74) is 8.84. The molecule has 110 valence electrons. The van der Waals surface area contributed by atoms with Gasteiger partial charge in [-0.2, -0.15) is 0 Å². The zero-order chi connectivity index (χ0) is 15.0. The molecule has 0 unspecified atom stereocenters. The quantitative estimate of drug-likeness (QED) is 0.742. The molecule has 1 amide bonds. The van der Waals surface area contributed by atoms with Gasteiger partial charge in [0, 0.05) is 26.6 Å². The van der Waals surface area contributed by atoms with E-state index in [1.165, 1.54) is 11.1 Å². The summed E-state index contributed by atoms with van der Waals surface area (Å²) in [6, 6.07) is 6.28. The van der Waals surface area contributed by atoms with Gasteiger partial charge in [-0.3, -0.25) is 4.79 Å². The number of nitrogens with one attached hydrogen (secondary N) is 1. The number of aryl methyl sites for hydroxylation is 2. The molecule has 1 aromatic carbocycles. The molecule has 3 N–H and O–H groups in total. The number of methoxy groups -OCH3 is 1. The Morgan fingerprint density at radius 2 is 1.95 bits per heavy atom. The van der Waals surface area contributed by atoms with Crippen LogP contribution in [0.5, 0.6) is 0 Å². The number of nitrogens with two attached hydrogens (primary N) is 1. The summed E-state index contributed by atoms with van der Waals surface area (Å²) in [5, 5.41) is 2.81. The third-order valence-electron chi connectivity index (χ3n) is 2.98. The SMILES string of the molecule is CO[C@@H](Cc1cc(C)cc(C)c1)C(=O)NC/C=C/CN. The molecule has 0 spiro atoms. The highest BCUT2D eigenvalue weighted by Gasteiger charge is 2.17. The van der Waals surface area contributed by atoms with E-state index in [1.54, 1.807) is 7.11 Å². The molecule has 0 saturated heterocycles. The van der Waals surface area contributed by atoms with Gasteiger partial charge in [-0.25, -0.2) is 0 Å². The van der Waals surface area contributed by atoms with Crippen molar-refractivity contribution in [2.45, 2.75) is 26.4 Å². The van der Waals surface area contributed by atoms with Crippen LogP contribution in [0.4, 0.5) is 0 Å². The van der Waals surface area contributed by atoms with Crippen LogP contribution in [0.25, 0.3) is 0 Å². The van der Waals surface area contributed by atoms with Crippen molar-refractivity contribution in [3.05, 3.63) is 47.0 Å². The first-order valence-corrected chi connectivity index (χ1v) is 6.79. The number of rotatable bonds is 7. The molecule has 4 nitrogen and oxygen atoms in total. The third-order valence-corrected chi connectivity index (χ3v) is 2.98. The fourth-order valence-corrected chi connectivity index (χ4v) is 2.14. The monoisotopic (exact) mass is 276 g/mol. The number of ether oxygens (including phenoxy) is 1. The Hall–Kier alpha value is -1.65. The first-order valence-electron chi connectivity index (χ1n) is 6.79. The molecule has 1 aromatic rings. The summed E-state index contributed by atoms with van der Waals surface area (Å²) in [7, 11) is 1.56. The first-order chi connectivity index (χ1) is 9.56. The zero-order valence-corrected chi connectivity index (χ0v) is 12.5. The third kappa shape index (κ3) is 5.55. The number of carbonyl (C=O) groups is 1. The van der Waals surface area contributed by atoms with Gasteiger partial charge >= 0.3 is 0 Å². The minimum Gasteiger partial charge on any atom is -0.371 e. The fourth-order valence-electron chi connectivity index (χ4n) is 2.14. The standard InChI is InChI=1S/C16H24N2O2/c1-12-8-13(2)10-14(9-12)11-15(20-3)16(19)18-7-5-4-6-17/h4-5,8-10,15H,6-7,11,17H2,1-3H3,(H,18,19)/b5-4+/t15-/m0/s1. The Kier molecular flexibility index (Phi) is 6.98. The molecule has 0 radical (unpaired) electrons. The summed E-state index contributed by atoms with van der Waals surface area (Å²) in [6.45, 7) is 5.06. The predicted molar refractivity (Wildman–Crippen MR) is 81.6 cm³/mol. The normalized spacial score (nSPS) is 12.6. The molecular weight excluding hydrogens is 252 g/mol. The van der Waals surface area contributed by atoms with Gasteiger partial charge in [0.15, 0.2) is 0 Å². The van der Waals surface area contributed by atoms with Crippen molar-refractivity contribution >= 4 is 5.91 Å². The number of carbonyl (C=O) groups excluding carboxylic acids is 1. The molecule has 20 heavy (non-hydrogen) atoms. The Morgan fingerprint density at radius 1 is 1.30 bits per heavy atom. The maximum Gasteiger partial charge on any atom is 0.249 e. The van der Waals surface area contributed by atoms with Crippen molar-refractivity contribution in [2.24, 2.45) is 5.73 Å². The Labute approximate surface area is 121 Å². The largest absolute Gasteiger partial charge is 0.371 e. The van der Waals surface area contributed by atoms with Crippen molar-refractivity contribution in [3.63, 3.8) is 0 Å². The van der Waals surface area contributed by atoms with Gasteiger partial charge in [-0.1, -0.05) is 41.5 Å². The average molecular weight is 276 g/mol. The van der Waals surface area contributed by atoms with Gasteiger partial charge in [0.1, 0.15) is 6.10 Å². The van der Waals surface area contributed by atoms with Crippen LogP contribution in [0.2, 0.25) is 0 Å². The van der Waals surface area contributed by atoms with Crippen LogP contribution in [-0.4, -0.2) is 32.2 Å². The number of hydrogen-bond donors (Lipinski definition) is 2. The van der Waals surface area contributed by atoms with Crippen molar-refractivity contribution in [1.82, 2.24) is 5.32 Å². The second kappa shape index (κ2) is 8.51. The van der Waals surface area contributed by atoms with Crippen molar-refractivity contribution < 1.29 is 9.53 Å².